The van der Waals surface area contributed by atoms with Gasteiger partial charge in [0.25, 0.3) is 0 Å². The summed E-state index contributed by atoms with van der Waals surface area (Å²) >= 11 is 6.08. The van der Waals surface area contributed by atoms with E-state index in [9.17, 15) is 9.90 Å². The van der Waals surface area contributed by atoms with Gasteiger partial charge in [-0.1, -0.05) is 41.9 Å². The minimum atomic E-state index is -0.612. The van der Waals surface area contributed by atoms with Gasteiger partial charge in [-0.15, -0.1) is 0 Å². The SMILES string of the molecule is O=c1oc2cc(O)ccc2c(-c2ccccc2)c1Cl. The molecule has 94 valence electrons. The molecule has 0 saturated carbocycles. The van der Waals surface area contributed by atoms with Gasteiger partial charge in [-0.25, -0.2) is 4.79 Å². The van der Waals surface area contributed by atoms with Gasteiger partial charge in [-0.3, -0.25) is 0 Å². The predicted octanol–water partition coefficient (Wildman–Crippen LogP) is 3.82. The zero-order valence-corrected chi connectivity index (χ0v) is 10.5. The predicted molar refractivity (Wildman–Crippen MR) is 74.6 cm³/mol. The largest absolute Gasteiger partial charge is 0.508 e. The Labute approximate surface area is 113 Å². The number of phenolic OH excluding ortho intramolecular Hbond substituents is 1. The average Bonchev–Trinajstić information content (AvgIpc) is 2.41. The second-order valence-corrected chi connectivity index (χ2v) is 4.50. The van der Waals surface area contributed by atoms with E-state index in [1.165, 1.54) is 12.1 Å². The third-order valence-electron chi connectivity index (χ3n) is 2.90. The number of aromatic hydroxyl groups is 1. The van der Waals surface area contributed by atoms with E-state index in [2.05, 4.69) is 0 Å². The smallest absolute Gasteiger partial charge is 0.355 e. The molecule has 0 aliphatic rings. The van der Waals surface area contributed by atoms with Crippen LogP contribution in [0.5, 0.6) is 5.75 Å². The van der Waals surface area contributed by atoms with Gasteiger partial charge in [0, 0.05) is 17.0 Å². The Morgan fingerprint density at radius 1 is 1.05 bits per heavy atom. The molecule has 0 fully saturated rings. The van der Waals surface area contributed by atoms with Gasteiger partial charge in [0.15, 0.2) is 0 Å². The Morgan fingerprint density at radius 2 is 1.79 bits per heavy atom. The van der Waals surface area contributed by atoms with E-state index in [-0.39, 0.29) is 10.8 Å². The maximum absolute atomic E-state index is 11.8. The fourth-order valence-corrected chi connectivity index (χ4v) is 2.30. The molecule has 1 aromatic heterocycles. The number of fused-ring (bicyclic) bond motifs is 1. The lowest BCUT2D eigenvalue weighted by Crippen LogP contribution is -2.01. The van der Waals surface area contributed by atoms with E-state index < -0.39 is 5.63 Å². The number of hydrogen-bond donors (Lipinski definition) is 1. The molecule has 0 aliphatic heterocycles. The average molecular weight is 273 g/mol. The molecular weight excluding hydrogens is 264 g/mol. The zero-order valence-electron chi connectivity index (χ0n) is 9.76. The fourth-order valence-electron chi connectivity index (χ4n) is 2.05. The first-order valence-corrected chi connectivity index (χ1v) is 6.05. The molecule has 0 amide bonds. The molecule has 3 aromatic rings. The summed E-state index contributed by atoms with van der Waals surface area (Å²) in [4.78, 5) is 11.8. The van der Waals surface area contributed by atoms with Crippen LogP contribution >= 0.6 is 11.6 Å². The highest BCUT2D eigenvalue weighted by Crippen LogP contribution is 2.34. The van der Waals surface area contributed by atoms with Gasteiger partial charge in [-0.05, 0) is 17.7 Å². The lowest BCUT2D eigenvalue weighted by Gasteiger charge is -2.08. The molecule has 19 heavy (non-hydrogen) atoms. The molecule has 0 unspecified atom stereocenters. The fraction of sp³-hybridized carbons (Fsp3) is 0. The van der Waals surface area contributed by atoms with Crippen LogP contribution in [0.4, 0.5) is 0 Å². The molecule has 0 atom stereocenters. The van der Waals surface area contributed by atoms with Gasteiger partial charge in [0.1, 0.15) is 16.4 Å². The molecule has 0 radical (unpaired) electrons. The molecule has 1 heterocycles. The molecule has 0 bridgehead atoms. The number of rotatable bonds is 1. The van der Waals surface area contributed by atoms with Crippen LogP contribution in [-0.2, 0) is 0 Å². The lowest BCUT2D eigenvalue weighted by atomic mass is 10.0. The third-order valence-corrected chi connectivity index (χ3v) is 3.24. The van der Waals surface area contributed by atoms with E-state index in [1.54, 1.807) is 6.07 Å². The minimum absolute atomic E-state index is 0.0389. The Balaban J connectivity index is 2.46. The van der Waals surface area contributed by atoms with Gasteiger partial charge in [0.05, 0.1) is 0 Å². The van der Waals surface area contributed by atoms with E-state index in [1.807, 2.05) is 30.3 Å². The first-order valence-electron chi connectivity index (χ1n) is 5.67. The maximum atomic E-state index is 11.8. The summed E-state index contributed by atoms with van der Waals surface area (Å²) in [5.41, 5.74) is 1.15. The summed E-state index contributed by atoms with van der Waals surface area (Å²) < 4.78 is 5.09. The Bertz CT molecular complexity index is 807. The zero-order chi connectivity index (χ0) is 13.4. The van der Waals surface area contributed by atoms with Crippen LogP contribution in [0.25, 0.3) is 22.1 Å². The van der Waals surface area contributed by atoms with Crippen molar-refractivity contribution >= 4 is 22.6 Å². The van der Waals surface area contributed by atoms with Crippen molar-refractivity contribution in [3.05, 3.63) is 64.0 Å². The second kappa shape index (κ2) is 4.44. The van der Waals surface area contributed by atoms with Crippen molar-refractivity contribution in [2.45, 2.75) is 0 Å². The molecule has 0 spiro atoms. The first-order chi connectivity index (χ1) is 9.16. The number of halogens is 1. The van der Waals surface area contributed by atoms with Gasteiger partial charge in [0.2, 0.25) is 0 Å². The summed E-state index contributed by atoms with van der Waals surface area (Å²) in [6.45, 7) is 0. The van der Waals surface area contributed by atoms with Crippen molar-refractivity contribution in [3.8, 4) is 16.9 Å². The van der Waals surface area contributed by atoms with E-state index in [0.717, 1.165) is 5.56 Å². The molecule has 0 saturated heterocycles. The van der Waals surface area contributed by atoms with Crippen LogP contribution in [0, 0.1) is 0 Å². The molecule has 1 N–H and O–H groups in total. The van der Waals surface area contributed by atoms with Crippen molar-refractivity contribution < 1.29 is 9.52 Å². The van der Waals surface area contributed by atoms with E-state index >= 15 is 0 Å². The van der Waals surface area contributed by atoms with Crippen molar-refractivity contribution in [2.24, 2.45) is 0 Å². The molecular formula is C15H9ClO3. The van der Waals surface area contributed by atoms with Crippen LogP contribution in [0.2, 0.25) is 5.02 Å². The molecule has 4 heteroatoms. The van der Waals surface area contributed by atoms with Crippen molar-refractivity contribution in [3.63, 3.8) is 0 Å². The summed E-state index contributed by atoms with van der Waals surface area (Å²) in [6, 6.07) is 14.0. The van der Waals surface area contributed by atoms with E-state index in [4.69, 9.17) is 16.0 Å². The molecule has 2 aromatic carbocycles. The Morgan fingerprint density at radius 3 is 2.53 bits per heavy atom. The number of phenols is 1. The van der Waals surface area contributed by atoms with Crippen LogP contribution in [0.3, 0.4) is 0 Å². The summed E-state index contributed by atoms with van der Waals surface area (Å²) in [7, 11) is 0. The summed E-state index contributed by atoms with van der Waals surface area (Å²) in [5, 5.41) is 10.2. The maximum Gasteiger partial charge on any atom is 0.355 e. The van der Waals surface area contributed by atoms with E-state index in [0.29, 0.717) is 16.5 Å². The van der Waals surface area contributed by atoms with Crippen LogP contribution in [-0.4, -0.2) is 5.11 Å². The second-order valence-electron chi connectivity index (χ2n) is 4.12. The monoisotopic (exact) mass is 272 g/mol. The normalized spacial score (nSPS) is 10.8. The number of benzene rings is 2. The standard InChI is InChI=1S/C15H9ClO3/c16-14-13(9-4-2-1-3-5-9)11-7-6-10(17)8-12(11)19-15(14)18/h1-8,17H. The summed E-state index contributed by atoms with van der Waals surface area (Å²) in [6.07, 6.45) is 0. The quantitative estimate of drug-likeness (QED) is 0.685. The highest BCUT2D eigenvalue weighted by Gasteiger charge is 2.14. The highest BCUT2D eigenvalue weighted by molar-refractivity contribution is 6.34. The lowest BCUT2D eigenvalue weighted by molar-refractivity contribution is 0.473. The topological polar surface area (TPSA) is 50.4 Å². The first kappa shape index (κ1) is 11.8. The van der Waals surface area contributed by atoms with Crippen molar-refractivity contribution in [1.82, 2.24) is 0 Å². The Hall–Kier alpha value is -2.26. The van der Waals surface area contributed by atoms with Gasteiger partial charge >= 0.3 is 5.63 Å². The van der Waals surface area contributed by atoms with Crippen LogP contribution in [0.1, 0.15) is 0 Å². The molecule has 0 aliphatic carbocycles. The highest BCUT2D eigenvalue weighted by atomic mass is 35.5. The van der Waals surface area contributed by atoms with Crippen LogP contribution in [0.15, 0.2) is 57.7 Å². The third kappa shape index (κ3) is 1.98. The van der Waals surface area contributed by atoms with Crippen LogP contribution < -0.4 is 5.63 Å². The molecule has 3 nitrogen and oxygen atoms in total. The molecule has 3 rings (SSSR count). The van der Waals surface area contributed by atoms with Gasteiger partial charge < -0.3 is 9.52 Å². The van der Waals surface area contributed by atoms with Gasteiger partial charge in [-0.2, -0.15) is 0 Å². The van der Waals surface area contributed by atoms with Crippen molar-refractivity contribution in [1.29, 1.82) is 0 Å². The number of hydrogen-bond acceptors (Lipinski definition) is 3. The minimum Gasteiger partial charge on any atom is -0.508 e. The Kier molecular flexibility index (Phi) is 2.76. The summed E-state index contributed by atoms with van der Waals surface area (Å²) in [5.74, 6) is 0.0389. The van der Waals surface area contributed by atoms with Crippen molar-refractivity contribution in [2.75, 3.05) is 0 Å².